The Kier molecular flexibility index (Phi) is 14.8. The first-order chi connectivity index (χ1) is 16.7. The van der Waals surface area contributed by atoms with Gasteiger partial charge in [-0.1, -0.05) is 59.7 Å². The van der Waals surface area contributed by atoms with E-state index in [-0.39, 0.29) is 18.1 Å². The number of carbonyl (C=O) groups is 2. The van der Waals surface area contributed by atoms with Crippen molar-refractivity contribution in [3.05, 3.63) is 75.2 Å². The number of ketones is 1. The Balaban J connectivity index is 0.000000273. The van der Waals surface area contributed by atoms with Gasteiger partial charge in [0.1, 0.15) is 16.4 Å². The highest BCUT2D eigenvalue weighted by Crippen LogP contribution is 2.25. The molecule has 0 aliphatic carbocycles. The highest BCUT2D eigenvalue weighted by Gasteiger charge is 2.07. The van der Waals surface area contributed by atoms with Gasteiger partial charge in [0.2, 0.25) is 0 Å². The van der Waals surface area contributed by atoms with Crippen LogP contribution >= 0.6 is 58.4 Å². The second kappa shape index (κ2) is 17.0. The number of benzene rings is 2. The molecule has 1 aromatic heterocycles. The largest absolute Gasteiger partial charge is 0.466 e. The molecule has 0 fully saturated rings. The Morgan fingerprint density at radius 1 is 1.11 bits per heavy atom. The van der Waals surface area contributed by atoms with Gasteiger partial charge in [0.15, 0.2) is 5.78 Å². The van der Waals surface area contributed by atoms with Crippen LogP contribution < -0.4 is 5.73 Å². The zero-order chi connectivity index (χ0) is 26.2. The molecule has 184 valence electrons. The van der Waals surface area contributed by atoms with Crippen molar-refractivity contribution in [3.63, 3.8) is 0 Å². The first-order valence-electron chi connectivity index (χ1n) is 10.1. The van der Waals surface area contributed by atoms with E-state index in [1.54, 1.807) is 42.5 Å². The van der Waals surface area contributed by atoms with Crippen molar-refractivity contribution in [2.75, 3.05) is 12.5 Å². The monoisotopic (exact) mass is 569 g/mol. The lowest BCUT2D eigenvalue weighted by atomic mass is 10.2. The fourth-order valence-electron chi connectivity index (χ4n) is 2.23. The molecule has 0 unspecified atom stereocenters. The summed E-state index contributed by atoms with van der Waals surface area (Å²) in [6, 6.07) is 16.7. The number of rotatable bonds is 7. The van der Waals surface area contributed by atoms with Crippen molar-refractivity contribution in [1.82, 2.24) is 4.98 Å². The number of aromatic nitrogens is 1. The molecule has 11 heteroatoms. The Morgan fingerprint density at radius 3 is 2.17 bits per heavy atom. The van der Waals surface area contributed by atoms with Crippen LogP contribution in [0.5, 0.6) is 0 Å². The number of esters is 1. The van der Waals surface area contributed by atoms with E-state index in [1.165, 1.54) is 0 Å². The van der Waals surface area contributed by atoms with Gasteiger partial charge in [0, 0.05) is 26.6 Å². The van der Waals surface area contributed by atoms with Gasteiger partial charge in [0.25, 0.3) is 0 Å². The molecule has 0 saturated carbocycles. The number of nitrogens with two attached hydrogens (primary N) is 1. The number of thiocarbonyl (C=S) groups is 1. The van der Waals surface area contributed by atoms with E-state index < -0.39 is 5.97 Å². The normalized spacial score (nSPS) is 9.46. The summed E-state index contributed by atoms with van der Waals surface area (Å²) in [4.78, 5) is 25.7. The molecule has 0 radical (unpaired) electrons. The molecular weight excluding hydrogens is 549 g/mol. The quantitative estimate of drug-likeness (QED) is 0.155. The highest BCUT2D eigenvalue weighted by atomic mass is 35.5. The lowest BCUT2D eigenvalue weighted by Gasteiger charge is -1.97. The Morgan fingerprint density at radius 2 is 1.69 bits per heavy atom. The number of thiazole rings is 1. The molecule has 0 bridgehead atoms. The van der Waals surface area contributed by atoms with Crippen LogP contribution in [-0.2, 0) is 20.7 Å². The zero-order valence-corrected chi connectivity index (χ0v) is 22.6. The van der Waals surface area contributed by atoms with Crippen LogP contribution in [0.1, 0.15) is 24.6 Å². The molecule has 6 nitrogen and oxygen atoms in total. The SMILES string of the molecule is CCOC(=O)CC(=O)CCl.N#CCc1csc(-c2ccc(Cl)cc2)n1.NC(=S)c1ccc(Cl)cc1. The molecule has 3 rings (SSSR count). The van der Waals surface area contributed by atoms with E-state index in [4.69, 9.17) is 58.0 Å². The van der Waals surface area contributed by atoms with Gasteiger partial charge in [-0.2, -0.15) is 5.26 Å². The number of carbonyl (C=O) groups excluding carboxylic acids is 2. The van der Waals surface area contributed by atoms with Crippen molar-refractivity contribution in [2.45, 2.75) is 19.8 Å². The third-order valence-electron chi connectivity index (χ3n) is 3.83. The predicted molar refractivity (Wildman–Crippen MR) is 146 cm³/mol. The van der Waals surface area contributed by atoms with E-state index in [2.05, 4.69) is 15.8 Å². The number of ether oxygens (including phenoxy) is 1. The number of Topliss-reactive ketones (excluding diaryl/α,β-unsaturated/α-hetero) is 1. The molecular formula is C24H22Cl3N3O3S2. The van der Waals surface area contributed by atoms with Gasteiger partial charge in [-0.3, -0.25) is 9.59 Å². The third kappa shape index (κ3) is 12.6. The average Bonchev–Trinajstić information content (AvgIpc) is 3.29. The number of nitrogens with zero attached hydrogens (tertiary/aromatic N) is 2. The van der Waals surface area contributed by atoms with Gasteiger partial charge >= 0.3 is 5.97 Å². The summed E-state index contributed by atoms with van der Waals surface area (Å²) in [5.74, 6) is -0.938. The van der Waals surface area contributed by atoms with Crippen molar-refractivity contribution in [3.8, 4) is 16.6 Å². The molecule has 0 spiro atoms. The Labute approximate surface area is 228 Å². The lowest BCUT2D eigenvalue weighted by molar-refractivity contribution is -0.145. The number of nitriles is 1. The minimum absolute atomic E-state index is 0.126. The maximum Gasteiger partial charge on any atom is 0.313 e. The van der Waals surface area contributed by atoms with Gasteiger partial charge in [-0.25, -0.2) is 4.98 Å². The van der Waals surface area contributed by atoms with Crippen LogP contribution in [0.2, 0.25) is 10.0 Å². The second-order valence-electron chi connectivity index (χ2n) is 6.51. The van der Waals surface area contributed by atoms with Gasteiger partial charge in [-0.05, 0) is 31.2 Å². The molecule has 0 aliphatic heterocycles. The Bertz CT molecular complexity index is 1150. The standard InChI is InChI=1S/C11H7ClN2S.C7H6ClNS.C6H9ClO3/c12-9-3-1-8(2-4-9)11-14-10(5-6-13)7-15-11;8-6-3-1-5(2-4-6)7(9)10;1-2-10-6(9)3-5(8)4-7/h1-4,7H,5H2;1-4H,(H2,9,10);2-4H2,1H3. The predicted octanol–water partition coefficient (Wildman–Crippen LogP) is 6.25. The van der Waals surface area contributed by atoms with E-state index in [9.17, 15) is 9.59 Å². The van der Waals surface area contributed by atoms with Crippen molar-refractivity contribution in [1.29, 1.82) is 5.26 Å². The fourth-order valence-corrected chi connectivity index (χ4v) is 3.54. The van der Waals surface area contributed by atoms with Crippen molar-refractivity contribution in [2.24, 2.45) is 5.73 Å². The summed E-state index contributed by atoms with van der Waals surface area (Å²) in [7, 11) is 0. The molecule has 2 aromatic carbocycles. The van der Waals surface area contributed by atoms with Crippen LogP contribution in [0.15, 0.2) is 53.9 Å². The maximum atomic E-state index is 10.5. The number of hydrogen-bond acceptors (Lipinski definition) is 7. The highest BCUT2D eigenvalue weighted by molar-refractivity contribution is 7.80. The molecule has 1 heterocycles. The van der Waals surface area contributed by atoms with Crippen molar-refractivity contribution >= 4 is 75.1 Å². The molecule has 3 aromatic rings. The maximum absolute atomic E-state index is 10.5. The van der Waals surface area contributed by atoms with E-state index >= 15 is 0 Å². The van der Waals surface area contributed by atoms with Gasteiger partial charge in [0.05, 0.1) is 30.7 Å². The first-order valence-corrected chi connectivity index (χ1v) is 12.6. The van der Waals surface area contributed by atoms with E-state index in [0.29, 0.717) is 28.1 Å². The molecule has 0 saturated heterocycles. The number of hydrogen-bond donors (Lipinski definition) is 1. The van der Waals surface area contributed by atoms with Crippen LogP contribution in [-0.4, -0.2) is 34.2 Å². The average molecular weight is 571 g/mol. The number of alkyl halides is 1. The Hall–Kier alpha value is -2.54. The van der Waals surface area contributed by atoms with Gasteiger partial charge < -0.3 is 10.5 Å². The van der Waals surface area contributed by atoms with Gasteiger partial charge in [-0.15, -0.1) is 22.9 Å². The minimum atomic E-state index is -0.506. The molecule has 0 aliphatic rings. The molecule has 0 amide bonds. The topological polar surface area (TPSA) is 106 Å². The van der Waals surface area contributed by atoms with E-state index in [1.807, 2.05) is 29.6 Å². The summed E-state index contributed by atoms with van der Waals surface area (Å²) in [6.45, 7) is 1.98. The summed E-state index contributed by atoms with van der Waals surface area (Å²) < 4.78 is 4.50. The molecule has 0 atom stereocenters. The summed E-state index contributed by atoms with van der Waals surface area (Å²) in [5, 5.41) is 12.8. The third-order valence-corrected chi connectivity index (χ3v) is 5.81. The fraction of sp³-hybridized carbons (Fsp3) is 0.208. The van der Waals surface area contributed by atoms with Crippen LogP contribution in [0, 0.1) is 11.3 Å². The van der Waals surface area contributed by atoms with Crippen molar-refractivity contribution < 1.29 is 14.3 Å². The van der Waals surface area contributed by atoms with Crippen LogP contribution in [0.25, 0.3) is 10.6 Å². The summed E-state index contributed by atoms with van der Waals surface area (Å²) in [5.41, 5.74) is 8.06. The summed E-state index contributed by atoms with van der Waals surface area (Å²) >= 11 is 22.8. The van der Waals surface area contributed by atoms with Crippen LogP contribution in [0.3, 0.4) is 0 Å². The minimum Gasteiger partial charge on any atom is -0.466 e. The summed E-state index contributed by atoms with van der Waals surface area (Å²) in [6.07, 6.45) is 0.154. The smallest absolute Gasteiger partial charge is 0.313 e. The molecule has 35 heavy (non-hydrogen) atoms. The lowest BCUT2D eigenvalue weighted by Crippen LogP contribution is -2.11. The zero-order valence-electron chi connectivity index (χ0n) is 18.7. The second-order valence-corrected chi connectivity index (χ2v) is 8.95. The van der Waals surface area contributed by atoms with Crippen LogP contribution in [0.4, 0.5) is 0 Å². The molecule has 2 N–H and O–H groups in total. The number of halogens is 3. The first kappa shape index (κ1) is 30.5. The van der Waals surface area contributed by atoms with E-state index in [0.717, 1.165) is 21.8 Å².